The van der Waals surface area contributed by atoms with Crippen molar-refractivity contribution in [1.82, 2.24) is 0 Å². The summed E-state index contributed by atoms with van der Waals surface area (Å²) >= 11 is 0. The van der Waals surface area contributed by atoms with Gasteiger partial charge in [0.1, 0.15) is 0 Å². The van der Waals surface area contributed by atoms with Crippen LogP contribution >= 0.6 is 7.82 Å². The molecule has 0 radical (unpaired) electrons. The van der Waals surface area contributed by atoms with Crippen molar-refractivity contribution < 1.29 is 122 Å². The van der Waals surface area contributed by atoms with Crippen LogP contribution < -0.4 is 117 Å². The molecule has 0 unspecified atom stereocenters. The predicted octanol–water partition coefficient (Wildman–Crippen LogP) is -8.82. The van der Waals surface area contributed by atoms with Gasteiger partial charge in [0.05, 0.1) is 0 Å². The minimum atomic E-state index is -5.39. The second kappa shape index (κ2) is 7.49. The summed E-state index contributed by atoms with van der Waals surface area (Å²) in [5.74, 6) is 0. The molecular formula is K2O4P-. The average Bonchev–Trinajstić information content (AvgIpc) is 0.722. The van der Waals surface area contributed by atoms with Gasteiger partial charge in [-0.05, 0) is 0 Å². The van der Waals surface area contributed by atoms with E-state index in [9.17, 15) is 0 Å². The fourth-order valence-electron chi connectivity index (χ4n) is 0. The molecule has 0 rings (SSSR count). The normalized spacial score (nSPS) is 8.43. The molecule has 0 N–H and O–H groups in total. The first-order chi connectivity index (χ1) is 2.00. The van der Waals surface area contributed by atoms with Crippen LogP contribution in [0.3, 0.4) is 0 Å². The molecule has 0 aromatic carbocycles. The first-order valence-corrected chi connectivity index (χ1v) is 2.19. The number of hydrogen-bond donors (Lipinski definition) is 0. The van der Waals surface area contributed by atoms with Gasteiger partial charge in [0.25, 0.3) is 0 Å². The molecule has 0 aliphatic carbocycles. The van der Waals surface area contributed by atoms with E-state index < -0.39 is 7.82 Å². The van der Waals surface area contributed by atoms with E-state index in [-0.39, 0.29) is 103 Å². The molecule has 0 aliphatic rings. The summed E-state index contributed by atoms with van der Waals surface area (Å²) in [5.41, 5.74) is 0. The van der Waals surface area contributed by atoms with Gasteiger partial charge in [-0.2, -0.15) is 7.82 Å². The monoisotopic (exact) mass is 173 g/mol. The molecule has 0 saturated heterocycles. The van der Waals surface area contributed by atoms with Crippen molar-refractivity contribution >= 4 is 7.82 Å². The fourth-order valence-corrected chi connectivity index (χ4v) is 0. The molecule has 0 aliphatic heterocycles. The van der Waals surface area contributed by atoms with Crippen LogP contribution in [0.2, 0.25) is 0 Å². The van der Waals surface area contributed by atoms with Crippen LogP contribution in [0.25, 0.3) is 0 Å². The van der Waals surface area contributed by atoms with Crippen LogP contribution in [0.15, 0.2) is 0 Å². The van der Waals surface area contributed by atoms with Crippen LogP contribution in [0.5, 0.6) is 0 Å². The Morgan fingerprint density at radius 3 is 1.00 bits per heavy atom. The summed E-state index contributed by atoms with van der Waals surface area (Å²) in [6, 6.07) is 0. The van der Waals surface area contributed by atoms with E-state index in [1.807, 2.05) is 0 Å². The van der Waals surface area contributed by atoms with E-state index in [2.05, 4.69) is 0 Å². The summed E-state index contributed by atoms with van der Waals surface area (Å²) in [7, 11) is -5.39. The Morgan fingerprint density at radius 1 is 1.00 bits per heavy atom. The zero-order chi connectivity index (χ0) is 4.50. The molecule has 32 valence electrons. The molecule has 0 amide bonds. The first-order valence-electron chi connectivity index (χ1n) is 0.730. The van der Waals surface area contributed by atoms with Gasteiger partial charge in [-0.25, -0.2) is 0 Å². The molecule has 7 heteroatoms. The Hall–Kier alpha value is 3.38. The molecule has 0 saturated carbocycles. The molecule has 0 aromatic heterocycles. The van der Waals surface area contributed by atoms with Crippen molar-refractivity contribution in [2.75, 3.05) is 0 Å². The molecular weight excluding hydrogens is 173 g/mol. The molecule has 7 heavy (non-hydrogen) atoms. The van der Waals surface area contributed by atoms with Gasteiger partial charge in [0.15, 0.2) is 0 Å². The average molecular weight is 173 g/mol. The van der Waals surface area contributed by atoms with Gasteiger partial charge in [-0.1, -0.05) is 0 Å². The topological polar surface area (TPSA) is 86.2 Å². The fraction of sp³-hybridized carbons (Fsp3) is 0. The zero-order valence-electron chi connectivity index (χ0n) is 4.08. The third kappa shape index (κ3) is 44.7. The van der Waals surface area contributed by atoms with Crippen molar-refractivity contribution in [1.29, 1.82) is 0 Å². The largest absolute Gasteiger partial charge is 1.00 e. The van der Waals surface area contributed by atoms with Gasteiger partial charge in [-0.3, -0.25) is 0 Å². The van der Waals surface area contributed by atoms with Gasteiger partial charge in [0.2, 0.25) is 0 Å². The summed E-state index contributed by atoms with van der Waals surface area (Å²) in [6.45, 7) is 0. The molecule has 0 atom stereocenters. The van der Waals surface area contributed by atoms with E-state index in [0.717, 1.165) is 0 Å². The SMILES string of the molecule is O=P([O-])([O-])[O-].[K+].[K+]. The van der Waals surface area contributed by atoms with E-state index in [1.165, 1.54) is 0 Å². The smallest absolute Gasteiger partial charge is 0.822 e. The number of hydrogen-bond acceptors (Lipinski definition) is 4. The maximum Gasteiger partial charge on any atom is 1.00 e. The molecule has 4 nitrogen and oxygen atoms in total. The number of rotatable bonds is 0. The third-order valence-electron chi connectivity index (χ3n) is 0. The second-order valence-corrected chi connectivity index (χ2v) is 1.34. The molecule has 0 spiro atoms. The Balaban J connectivity index is -0.0000000800. The first kappa shape index (κ1) is 16.8. The maximum atomic E-state index is 8.55. The summed E-state index contributed by atoms with van der Waals surface area (Å²) in [6.07, 6.45) is 0. The third-order valence-corrected chi connectivity index (χ3v) is 0. The number of phosphoric acid groups is 1. The summed E-state index contributed by atoms with van der Waals surface area (Å²) < 4.78 is 8.55. The van der Waals surface area contributed by atoms with E-state index >= 15 is 0 Å². The molecule has 0 heterocycles. The van der Waals surface area contributed by atoms with Crippen LogP contribution in [-0.2, 0) is 4.57 Å². The van der Waals surface area contributed by atoms with Crippen molar-refractivity contribution in [3.8, 4) is 0 Å². The van der Waals surface area contributed by atoms with Crippen molar-refractivity contribution in [2.45, 2.75) is 0 Å². The minimum absolute atomic E-state index is 0. The van der Waals surface area contributed by atoms with Gasteiger partial charge in [0, 0.05) is 0 Å². The molecule has 0 aromatic rings. The van der Waals surface area contributed by atoms with Crippen molar-refractivity contribution in [3.05, 3.63) is 0 Å². The predicted molar refractivity (Wildman–Crippen MR) is 7.61 cm³/mol. The van der Waals surface area contributed by atoms with Crippen LogP contribution in [0.4, 0.5) is 0 Å². The quantitative estimate of drug-likeness (QED) is 0.269. The van der Waals surface area contributed by atoms with E-state index in [0.29, 0.717) is 0 Å². The zero-order valence-corrected chi connectivity index (χ0v) is 11.2. The van der Waals surface area contributed by atoms with E-state index in [1.54, 1.807) is 0 Å². The van der Waals surface area contributed by atoms with Crippen LogP contribution in [0, 0.1) is 0 Å². The summed E-state index contributed by atoms with van der Waals surface area (Å²) in [5, 5.41) is 0. The van der Waals surface area contributed by atoms with Gasteiger partial charge in [-0.15, -0.1) is 0 Å². The Kier molecular flexibility index (Phi) is 17.9. The summed E-state index contributed by atoms with van der Waals surface area (Å²) in [4.78, 5) is 25.6. The van der Waals surface area contributed by atoms with Crippen LogP contribution in [-0.4, -0.2) is 0 Å². The Labute approximate surface area is 126 Å². The van der Waals surface area contributed by atoms with Crippen molar-refractivity contribution in [3.63, 3.8) is 0 Å². The van der Waals surface area contributed by atoms with E-state index in [4.69, 9.17) is 19.2 Å². The standard InChI is InChI=1S/2K.H3O4P/c;;1-5(2,3)4/h;;(H3,1,2,3,4)/q2*+1;/p-3. The van der Waals surface area contributed by atoms with Gasteiger partial charge >= 0.3 is 103 Å². The Morgan fingerprint density at radius 2 is 1.00 bits per heavy atom. The maximum absolute atomic E-state index is 8.55. The van der Waals surface area contributed by atoms with Crippen molar-refractivity contribution in [2.24, 2.45) is 0 Å². The second-order valence-electron chi connectivity index (χ2n) is 0.447. The molecule has 0 bridgehead atoms. The Bertz CT molecular complexity index is 55.8. The van der Waals surface area contributed by atoms with Crippen LogP contribution in [0.1, 0.15) is 0 Å². The minimum Gasteiger partial charge on any atom is -0.822 e. The molecule has 0 fully saturated rings. The van der Waals surface area contributed by atoms with Gasteiger partial charge < -0.3 is 19.2 Å².